The van der Waals surface area contributed by atoms with Crippen molar-refractivity contribution in [3.8, 4) is 0 Å². The number of urea groups is 1. The molecule has 0 spiro atoms. The van der Waals surface area contributed by atoms with Gasteiger partial charge in [-0.15, -0.1) is 16.5 Å². The molecule has 1 heterocycles. The highest BCUT2D eigenvalue weighted by Crippen LogP contribution is 2.21. The summed E-state index contributed by atoms with van der Waals surface area (Å²) in [5.74, 6) is 1.09. The maximum absolute atomic E-state index is 11.2. The van der Waals surface area contributed by atoms with Crippen molar-refractivity contribution in [2.75, 3.05) is 11.6 Å². The van der Waals surface area contributed by atoms with Gasteiger partial charge in [-0.2, -0.15) is 5.43 Å². The van der Waals surface area contributed by atoms with Gasteiger partial charge in [-0.1, -0.05) is 0 Å². The van der Waals surface area contributed by atoms with Gasteiger partial charge in [0.2, 0.25) is 0 Å². The van der Waals surface area contributed by atoms with Crippen LogP contribution in [0.2, 0.25) is 0 Å². The Labute approximate surface area is 108 Å². The summed E-state index contributed by atoms with van der Waals surface area (Å²) in [4.78, 5) is 29.1. The second-order valence-electron chi connectivity index (χ2n) is 3.46. The summed E-state index contributed by atoms with van der Waals surface area (Å²) in [6, 6.07) is -1.22. The predicted molar refractivity (Wildman–Crippen MR) is 66.7 cm³/mol. The zero-order valence-corrected chi connectivity index (χ0v) is 10.4. The van der Waals surface area contributed by atoms with Crippen molar-refractivity contribution in [3.05, 3.63) is 22.5 Å². The minimum atomic E-state index is -0.736. The first kappa shape index (κ1) is 14.1. The summed E-state index contributed by atoms with van der Waals surface area (Å²) in [5, 5.41) is 4.78. The van der Waals surface area contributed by atoms with Crippen LogP contribution in [0.4, 0.5) is 10.6 Å². The van der Waals surface area contributed by atoms with Gasteiger partial charge in [0.05, 0.1) is 11.3 Å². The van der Waals surface area contributed by atoms with E-state index in [0.29, 0.717) is 23.7 Å². The SMILES string of the molecule is Cc1ncc(C(CCCl)NC(=O)NN=O)c(N)n1. The van der Waals surface area contributed by atoms with Crippen LogP contribution >= 0.6 is 11.6 Å². The molecule has 1 aromatic heterocycles. The van der Waals surface area contributed by atoms with E-state index in [1.165, 1.54) is 6.20 Å². The highest BCUT2D eigenvalue weighted by atomic mass is 35.5. The second kappa shape index (κ2) is 6.70. The lowest BCUT2D eigenvalue weighted by Crippen LogP contribution is -2.35. The van der Waals surface area contributed by atoms with Crippen LogP contribution in [0.1, 0.15) is 23.9 Å². The number of nitrogen functional groups attached to an aromatic ring is 1. The van der Waals surface area contributed by atoms with E-state index >= 15 is 0 Å². The van der Waals surface area contributed by atoms with Crippen molar-refractivity contribution in [1.29, 1.82) is 0 Å². The fraction of sp³-hybridized carbons (Fsp3) is 0.444. The molecule has 1 unspecified atom stereocenters. The van der Waals surface area contributed by atoms with Gasteiger partial charge < -0.3 is 11.1 Å². The van der Waals surface area contributed by atoms with Crippen LogP contribution in [0.25, 0.3) is 0 Å². The van der Waals surface area contributed by atoms with Crippen molar-refractivity contribution < 1.29 is 4.79 Å². The molecule has 0 saturated heterocycles. The Hall–Kier alpha value is -1.96. The van der Waals surface area contributed by atoms with E-state index < -0.39 is 12.1 Å². The molecule has 9 heteroatoms. The first-order valence-corrected chi connectivity index (χ1v) is 5.65. The zero-order chi connectivity index (χ0) is 13.5. The number of halogens is 1. The Morgan fingerprint density at radius 1 is 1.67 bits per heavy atom. The Balaban J connectivity index is 2.89. The molecule has 0 aliphatic heterocycles. The molecule has 0 saturated carbocycles. The number of nitrogens with two attached hydrogens (primary N) is 1. The van der Waals surface area contributed by atoms with E-state index in [2.05, 4.69) is 20.6 Å². The van der Waals surface area contributed by atoms with Gasteiger partial charge in [0, 0.05) is 17.6 Å². The minimum absolute atomic E-state index is 0.261. The minimum Gasteiger partial charge on any atom is -0.383 e. The molecule has 1 atom stereocenters. The first-order chi connectivity index (χ1) is 8.58. The second-order valence-corrected chi connectivity index (χ2v) is 3.84. The van der Waals surface area contributed by atoms with Crippen LogP contribution in [0.15, 0.2) is 11.5 Å². The van der Waals surface area contributed by atoms with Crippen LogP contribution in [-0.2, 0) is 0 Å². The van der Waals surface area contributed by atoms with Crippen LogP contribution in [0, 0.1) is 11.8 Å². The monoisotopic (exact) mass is 272 g/mol. The summed E-state index contributed by atoms with van der Waals surface area (Å²) >= 11 is 5.65. The van der Waals surface area contributed by atoms with E-state index in [4.69, 9.17) is 17.3 Å². The van der Waals surface area contributed by atoms with E-state index in [0.717, 1.165) is 0 Å². The third-order valence-corrected chi connectivity index (χ3v) is 2.41. The normalized spacial score (nSPS) is 11.7. The molecule has 0 radical (unpaired) electrons. The molecule has 2 amide bonds. The van der Waals surface area contributed by atoms with Gasteiger partial charge in [0.15, 0.2) is 0 Å². The molecule has 4 N–H and O–H groups in total. The third-order valence-electron chi connectivity index (χ3n) is 2.19. The van der Waals surface area contributed by atoms with Gasteiger partial charge in [0.1, 0.15) is 11.6 Å². The Morgan fingerprint density at radius 3 is 2.94 bits per heavy atom. The number of carbonyl (C=O) groups is 1. The number of nitrogens with zero attached hydrogens (tertiary/aromatic N) is 3. The molecule has 0 bridgehead atoms. The summed E-state index contributed by atoms with van der Waals surface area (Å²) in [6.07, 6.45) is 1.94. The molecule has 0 fully saturated rings. The van der Waals surface area contributed by atoms with Crippen LogP contribution < -0.4 is 16.5 Å². The lowest BCUT2D eigenvalue weighted by molar-refractivity contribution is 0.237. The van der Waals surface area contributed by atoms with E-state index in [9.17, 15) is 9.70 Å². The number of nitroso groups, excluding NO2 is 1. The number of anilines is 1. The van der Waals surface area contributed by atoms with Gasteiger partial charge >= 0.3 is 6.03 Å². The van der Waals surface area contributed by atoms with Crippen molar-refractivity contribution in [2.45, 2.75) is 19.4 Å². The van der Waals surface area contributed by atoms with E-state index in [1.807, 2.05) is 0 Å². The fourth-order valence-electron chi connectivity index (χ4n) is 1.41. The standard InChI is InChI=1S/C9H13ClN6O2/c1-5-12-4-6(8(11)13-5)7(2-3-10)14-9(17)15-16-18/h4,7H,2-3H2,1H3,(H2,11,12,13)(H2,14,15,17,18). The molecular weight excluding hydrogens is 260 g/mol. The Bertz CT molecular complexity index is 441. The van der Waals surface area contributed by atoms with Gasteiger partial charge in [0.25, 0.3) is 0 Å². The third kappa shape index (κ3) is 3.81. The maximum atomic E-state index is 11.2. The smallest absolute Gasteiger partial charge is 0.338 e. The summed E-state index contributed by atoms with van der Waals surface area (Å²) in [6.45, 7) is 1.70. The Morgan fingerprint density at radius 2 is 2.39 bits per heavy atom. The number of aromatic nitrogens is 2. The maximum Gasteiger partial charge on any atom is 0.338 e. The quantitative estimate of drug-likeness (QED) is 0.419. The summed E-state index contributed by atoms with van der Waals surface area (Å²) in [7, 11) is 0. The number of rotatable bonds is 5. The number of carbonyl (C=O) groups excluding carboxylic acids is 1. The molecule has 0 aliphatic rings. The number of amides is 2. The van der Waals surface area contributed by atoms with E-state index in [-0.39, 0.29) is 5.82 Å². The molecule has 1 aromatic rings. The van der Waals surface area contributed by atoms with Crippen LogP contribution in [0.5, 0.6) is 0 Å². The van der Waals surface area contributed by atoms with Crippen LogP contribution in [0.3, 0.4) is 0 Å². The van der Waals surface area contributed by atoms with Crippen molar-refractivity contribution in [2.24, 2.45) is 5.29 Å². The molecule has 1 rings (SSSR count). The number of hydrogen-bond acceptors (Lipinski definition) is 6. The number of aryl methyl sites for hydroxylation is 1. The van der Waals surface area contributed by atoms with Gasteiger partial charge in [-0.25, -0.2) is 14.8 Å². The average molecular weight is 273 g/mol. The molecule has 8 nitrogen and oxygen atoms in total. The zero-order valence-electron chi connectivity index (χ0n) is 9.68. The topological polar surface area (TPSA) is 122 Å². The highest BCUT2D eigenvalue weighted by Gasteiger charge is 2.18. The van der Waals surface area contributed by atoms with Crippen molar-refractivity contribution in [1.82, 2.24) is 20.7 Å². The fourth-order valence-corrected chi connectivity index (χ4v) is 1.63. The average Bonchev–Trinajstić information content (AvgIpc) is 2.29. The molecular formula is C9H13ClN6O2. The van der Waals surface area contributed by atoms with Crippen LogP contribution in [-0.4, -0.2) is 21.9 Å². The number of hydrogen-bond donors (Lipinski definition) is 3. The largest absolute Gasteiger partial charge is 0.383 e. The molecule has 0 aliphatic carbocycles. The molecule has 0 aromatic carbocycles. The number of nitrogens with one attached hydrogen (secondary N) is 2. The first-order valence-electron chi connectivity index (χ1n) is 5.12. The van der Waals surface area contributed by atoms with Crippen molar-refractivity contribution >= 4 is 23.4 Å². The lowest BCUT2D eigenvalue weighted by Gasteiger charge is -2.18. The predicted octanol–water partition coefficient (Wildman–Crippen LogP) is 1.02. The number of alkyl halides is 1. The molecule has 18 heavy (non-hydrogen) atoms. The van der Waals surface area contributed by atoms with E-state index in [1.54, 1.807) is 12.3 Å². The lowest BCUT2D eigenvalue weighted by atomic mass is 10.1. The Kier molecular flexibility index (Phi) is 5.25. The van der Waals surface area contributed by atoms with Gasteiger partial charge in [-0.3, -0.25) is 0 Å². The molecule has 98 valence electrons. The summed E-state index contributed by atoms with van der Waals surface area (Å²) < 4.78 is 0. The van der Waals surface area contributed by atoms with Gasteiger partial charge in [-0.05, 0) is 13.3 Å². The summed E-state index contributed by atoms with van der Waals surface area (Å²) in [5.41, 5.74) is 8.02. The van der Waals surface area contributed by atoms with Crippen molar-refractivity contribution in [3.63, 3.8) is 0 Å². The highest BCUT2D eigenvalue weighted by molar-refractivity contribution is 6.17.